The van der Waals surface area contributed by atoms with Crippen LogP contribution in [0, 0.1) is 0 Å². The van der Waals surface area contributed by atoms with Gasteiger partial charge >= 0.3 is 12.1 Å². The number of aromatic nitrogens is 4. The van der Waals surface area contributed by atoms with Gasteiger partial charge in [-0.25, -0.2) is 9.59 Å². The fraction of sp³-hybridized carbons (Fsp3) is 0.500. The molecule has 2 fully saturated rings. The molecule has 0 spiro atoms. The third kappa shape index (κ3) is 4.49. The maximum atomic E-state index is 12.7. The van der Waals surface area contributed by atoms with Crippen molar-refractivity contribution in [3.63, 3.8) is 0 Å². The average Bonchev–Trinajstić information content (AvgIpc) is 3.41. The molecule has 0 N–H and O–H groups in total. The van der Waals surface area contributed by atoms with E-state index in [-0.39, 0.29) is 31.7 Å². The summed E-state index contributed by atoms with van der Waals surface area (Å²) in [6, 6.07) is 8.51. The summed E-state index contributed by atoms with van der Waals surface area (Å²) in [5.41, 5.74) is 0.829. The van der Waals surface area contributed by atoms with E-state index in [0.29, 0.717) is 31.8 Å². The van der Waals surface area contributed by atoms with E-state index < -0.39 is 18.1 Å². The lowest BCUT2D eigenvalue weighted by molar-refractivity contribution is -0.149. The van der Waals surface area contributed by atoms with Crippen molar-refractivity contribution in [2.45, 2.75) is 38.4 Å². The van der Waals surface area contributed by atoms with Crippen molar-refractivity contribution in [2.75, 3.05) is 26.3 Å². The van der Waals surface area contributed by atoms with Crippen LogP contribution in [0.3, 0.4) is 0 Å². The number of nitrogens with zero attached hydrogens (tertiary/aromatic N) is 6. The molecule has 2 amide bonds. The number of amides is 2. The SMILES string of the molecule is CCOC(=O)[C@@H]1COC(=O)N1C1CCN(C(=O)Cn2nnc(-c3ccccc3)n2)CC1. The van der Waals surface area contributed by atoms with Crippen LogP contribution in [0.2, 0.25) is 0 Å². The molecule has 2 aliphatic heterocycles. The third-order valence-electron chi connectivity index (χ3n) is 5.44. The summed E-state index contributed by atoms with van der Waals surface area (Å²) < 4.78 is 10.1. The molecule has 1 atom stereocenters. The van der Waals surface area contributed by atoms with E-state index in [1.807, 2.05) is 30.3 Å². The number of likely N-dealkylation sites (tertiary alicyclic amines) is 1. The van der Waals surface area contributed by atoms with Gasteiger partial charge in [0.15, 0.2) is 6.04 Å². The smallest absolute Gasteiger partial charge is 0.410 e. The number of piperidine rings is 1. The van der Waals surface area contributed by atoms with Gasteiger partial charge in [-0.3, -0.25) is 9.69 Å². The molecule has 3 heterocycles. The van der Waals surface area contributed by atoms with Gasteiger partial charge in [0.05, 0.1) is 6.61 Å². The molecule has 0 aliphatic carbocycles. The van der Waals surface area contributed by atoms with Crippen LogP contribution in [0.25, 0.3) is 11.4 Å². The van der Waals surface area contributed by atoms with Crippen LogP contribution in [-0.4, -0.2) is 86.4 Å². The first-order valence-corrected chi connectivity index (χ1v) is 10.3. The van der Waals surface area contributed by atoms with Gasteiger partial charge in [0.1, 0.15) is 13.2 Å². The highest BCUT2D eigenvalue weighted by Crippen LogP contribution is 2.25. The van der Waals surface area contributed by atoms with Gasteiger partial charge in [0, 0.05) is 24.7 Å². The molecule has 0 unspecified atom stereocenters. The molecule has 2 saturated heterocycles. The monoisotopic (exact) mass is 428 g/mol. The number of cyclic esters (lactones) is 1. The summed E-state index contributed by atoms with van der Waals surface area (Å²) in [6.45, 7) is 2.87. The van der Waals surface area contributed by atoms with E-state index in [9.17, 15) is 14.4 Å². The first-order chi connectivity index (χ1) is 15.1. The van der Waals surface area contributed by atoms with E-state index >= 15 is 0 Å². The van der Waals surface area contributed by atoms with Crippen LogP contribution >= 0.6 is 0 Å². The minimum atomic E-state index is -0.726. The Balaban J connectivity index is 1.32. The minimum absolute atomic E-state index is 0.00146. The van der Waals surface area contributed by atoms with Crippen molar-refractivity contribution in [3.8, 4) is 11.4 Å². The van der Waals surface area contributed by atoms with Crippen molar-refractivity contribution in [3.05, 3.63) is 30.3 Å². The molecule has 0 saturated carbocycles. The van der Waals surface area contributed by atoms with Crippen LogP contribution in [-0.2, 0) is 25.6 Å². The molecule has 1 aromatic carbocycles. The number of carbonyl (C=O) groups excluding carboxylic acids is 3. The second-order valence-electron chi connectivity index (χ2n) is 7.37. The molecule has 11 nitrogen and oxygen atoms in total. The number of hydrogen-bond donors (Lipinski definition) is 0. The lowest BCUT2D eigenvalue weighted by Gasteiger charge is -2.37. The minimum Gasteiger partial charge on any atom is -0.464 e. The Morgan fingerprint density at radius 1 is 1.19 bits per heavy atom. The van der Waals surface area contributed by atoms with Crippen LogP contribution in [0.4, 0.5) is 4.79 Å². The van der Waals surface area contributed by atoms with Gasteiger partial charge in [0.25, 0.3) is 0 Å². The zero-order valence-corrected chi connectivity index (χ0v) is 17.2. The van der Waals surface area contributed by atoms with Gasteiger partial charge in [-0.2, -0.15) is 4.80 Å². The first-order valence-electron chi connectivity index (χ1n) is 10.3. The number of rotatable bonds is 6. The quantitative estimate of drug-likeness (QED) is 0.617. The molecule has 0 radical (unpaired) electrons. The molecule has 31 heavy (non-hydrogen) atoms. The standard InChI is InChI=1S/C20H24N6O5/c1-2-30-19(28)16-13-31-20(29)26(16)15-8-10-24(11-9-15)17(27)12-25-22-18(21-23-25)14-6-4-3-5-7-14/h3-7,15-16H,2,8-13H2,1H3/t16-/m0/s1. The summed E-state index contributed by atoms with van der Waals surface area (Å²) in [7, 11) is 0. The average molecular weight is 428 g/mol. The van der Waals surface area contributed by atoms with Crippen LogP contribution in [0.5, 0.6) is 0 Å². The Kier molecular flexibility index (Phi) is 6.10. The topological polar surface area (TPSA) is 120 Å². The van der Waals surface area contributed by atoms with Crippen molar-refractivity contribution in [1.82, 2.24) is 30.0 Å². The van der Waals surface area contributed by atoms with Crippen LogP contribution in [0.15, 0.2) is 30.3 Å². The van der Waals surface area contributed by atoms with Crippen LogP contribution < -0.4 is 0 Å². The van der Waals surface area contributed by atoms with Crippen molar-refractivity contribution in [1.29, 1.82) is 0 Å². The highest BCUT2D eigenvalue weighted by atomic mass is 16.6. The van der Waals surface area contributed by atoms with Gasteiger partial charge in [0.2, 0.25) is 11.7 Å². The van der Waals surface area contributed by atoms with Crippen molar-refractivity contribution >= 4 is 18.0 Å². The molecule has 4 rings (SSSR count). The summed E-state index contributed by atoms with van der Waals surface area (Å²) >= 11 is 0. The molecule has 2 aliphatic rings. The zero-order valence-electron chi connectivity index (χ0n) is 17.2. The molecular weight excluding hydrogens is 404 g/mol. The summed E-state index contributed by atoms with van der Waals surface area (Å²) in [5.74, 6) is -0.121. The first kappa shape index (κ1) is 20.8. The maximum Gasteiger partial charge on any atom is 0.410 e. The number of esters is 1. The van der Waals surface area contributed by atoms with Gasteiger partial charge < -0.3 is 14.4 Å². The number of carbonyl (C=O) groups is 3. The van der Waals surface area contributed by atoms with Gasteiger partial charge in [-0.15, -0.1) is 10.2 Å². The number of tetrazole rings is 1. The second kappa shape index (κ2) is 9.11. The lowest BCUT2D eigenvalue weighted by Crippen LogP contribution is -2.52. The Morgan fingerprint density at radius 2 is 1.94 bits per heavy atom. The molecular formula is C20H24N6O5. The largest absolute Gasteiger partial charge is 0.464 e. The van der Waals surface area contributed by atoms with Gasteiger partial charge in [-0.1, -0.05) is 30.3 Å². The predicted octanol–water partition coefficient (Wildman–Crippen LogP) is 0.715. The van der Waals surface area contributed by atoms with E-state index in [1.165, 1.54) is 9.70 Å². The number of hydrogen-bond acceptors (Lipinski definition) is 8. The Morgan fingerprint density at radius 3 is 2.65 bits per heavy atom. The summed E-state index contributed by atoms with van der Waals surface area (Å²) in [5, 5.41) is 12.3. The summed E-state index contributed by atoms with van der Waals surface area (Å²) in [6.07, 6.45) is 0.594. The van der Waals surface area contributed by atoms with Crippen molar-refractivity contribution in [2.24, 2.45) is 0 Å². The molecule has 11 heteroatoms. The van der Waals surface area contributed by atoms with E-state index in [4.69, 9.17) is 9.47 Å². The zero-order chi connectivity index (χ0) is 21.8. The highest BCUT2D eigenvalue weighted by Gasteiger charge is 2.44. The molecule has 164 valence electrons. The van der Waals surface area contributed by atoms with Crippen LogP contribution in [0.1, 0.15) is 19.8 Å². The Bertz CT molecular complexity index is 941. The van der Waals surface area contributed by atoms with Crippen molar-refractivity contribution < 1.29 is 23.9 Å². The molecule has 2 aromatic rings. The number of benzene rings is 1. The van der Waals surface area contributed by atoms with E-state index in [1.54, 1.807) is 11.8 Å². The molecule has 0 bridgehead atoms. The lowest BCUT2D eigenvalue weighted by atomic mass is 10.0. The van der Waals surface area contributed by atoms with E-state index in [2.05, 4.69) is 15.4 Å². The maximum absolute atomic E-state index is 12.7. The fourth-order valence-electron chi connectivity index (χ4n) is 3.88. The predicted molar refractivity (Wildman–Crippen MR) is 106 cm³/mol. The number of ether oxygens (including phenoxy) is 2. The normalized spacial score (nSPS) is 19.4. The fourth-order valence-corrected chi connectivity index (χ4v) is 3.88. The van der Waals surface area contributed by atoms with E-state index in [0.717, 1.165) is 5.56 Å². The second-order valence-corrected chi connectivity index (χ2v) is 7.37. The Hall–Kier alpha value is -3.50. The molecule has 1 aromatic heterocycles. The Labute approximate surface area is 178 Å². The highest BCUT2D eigenvalue weighted by molar-refractivity contribution is 5.84. The third-order valence-corrected chi connectivity index (χ3v) is 5.44. The van der Waals surface area contributed by atoms with Gasteiger partial charge in [-0.05, 0) is 25.0 Å². The summed E-state index contributed by atoms with van der Waals surface area (Å²) in [4.78, 5) is 41.4.